The van der Waals surface area contributed by atoms with Crippen molar-refractivity contribution in [3.05, 3.63) is 76.8 Å². The monoisotopic (exact) mass is 499 g/mol. The smallest absolute Gasteiger partial charge is 0.296 e. The highest BCUT2D eigenvalue weighted by molar-refractivity contribution is 5.94. The fourth-order valence-corrected chi connectivity index (χ4v) is 3.90. The maximum Gasteiger partial charge on any atom is 0.296 e. The van der Waals surface area contributed by atoms with Crippen molar-refractivity contribution in [2.24, 2.45) is 0 Å². The van der Waals surface area contributed by atoms with Crippen molar-refractivity contribution in [3.63, 3.8) is 0 Å². The van der Waals surface area contributed by atoms with E-state index in [4.69, 9.17) is 4.74 Å². The molecule has 1 atom stereocenters. The number of nitrogens with one attached hydrogen (secondary N) is 1. The molecule has 1 unspecified atom stereocenters. The molecular weight excluding hydrogens is 469 g/mol. The zero-order valence-electron chi connectivity index (χ0n) is 20.4. The van der Waals surface area contributed by atoms with Gasteiger partial charge in [-0.2, -0.15) is 0 Å². The molecule has 0 bridgehead atoms. The van der Waals surface area contributed by atoms with Gasteiger partial charge >= 0.3 is 0 Å². The van der Waals surface area contributed by atoms with Crippen LogP contribution >= 0.6 is 0 Å². The van der Waals surface area contributed by atoms with Gasteiger partial charge in [-0.15, -0.1) is 6.58 Å². The number of nitrogens with zero attached hydrogens (tertiary/aromatic N) is 4. The lowest BCUT2D eigenvalue weighted by Crippen LogP contribution is -2.38. The summed E-state index contributed by atoms with van der Waals surface area (Å²) in [4.78, 5) is 45.6. The Kier molecular flexibility index (Phi) is 8.59. The van der Waals surface area contributed by atoms with Gasteiger partial charge in [-0.1, -0.05) is 18.7 Å². The van der Waals surface area contributed by atoms with Gasteiger partial charge in [0.05, 0.1) is 19.8 Å². The number of carbonyl (C=O) groups is 2. The third-order valence-electron chi connectivity index (χ3n) is 5.98. The molecule has 36 heavy (non-hydrogen) atoms. The number of fused-ring (bicyclic) bond motifs is 1. The molecule has 1 aromatic carbocycles. The predicted molar refractivity (Wildman–Crippen MR) is 132 cm³/mol. The van der Waals surface area contributed by atoms with Crippen molar-refractivity contribution in [2.75, 3.05) is 38.8 Å². The minimum absolute atomic E-state index is 0.00614. The number of hydrogen-bond donors (Lipinski definition) is 2. The van der Waals surface area contributed by atoms with Crippen molar-refractivity contribution in [1.82, 2.24) is 19.8 Å². The molecule has 11 heteroatoms. The Balaban J connectivity index is 1.92. The van der Waals surface area contributed by atoms with Gasteiger partial charge in [0.25, 0.3) is 11.5 Å². The van der Waals surface area contributed by atoms with E-state index in [2.05, 4.69) is 23.5 Å². The van der Waals surface area contributed by atoms with Crippen molar-refractivity contribution >= 4 is 17.5 Å². The van der Waals surface area contributed by atoms with Crippen LogP contribution in [0.1, 0.15) is 34.3 Å². The van der Waals surface area contributed by atoms with Crippen molar-refractivity contribution < 1.29 is 23.8 Å². The molecule has 0 spiro atoms. The molecule has 192 valence electrons. The lowest BCUT2D eigenvalue weighted by atomic mass is 10.1. The average molecular weight is 500 g/mol. The second-order valence-electron chi connectivity index (χ2n) is 8.32. The highest BCUT2D eigenvalue weighted by Crippen LogP contribution is 2.24. The topological polar surface area (TPSA) is 117 Å². The lowest BCUT2D eigenvalue weighted by molar-refractivity contribution is -0.128. The van der Waals surface area contributed by atoms with Crippen LogP contribution in [0.2, 0.25) is 0 Å². The lowest BCUT2D eigenvalue weighted by Gasteiger charge is -2.26. The number of aromatic nitrogens is 2. The zero-order valence-corrected chi connectivity index (χ0v) is 20.4. The second kappa shape index (κ2) is 11.6. The normalized spacial score (nSPS) is 14.8. The number of carbonyl (C=O) groups excluding carboxylic acids is 2. The van der Waals surface area contributed by atoms with Crippen LogP contribution in [-0.4, -0.2) is 65.2 Å². The molecule has 1 aliphatic heterocycles. The first-order valence-corrected chi connectivity index (χ1v) is 11.4. The molecule has 0 fully saturated rings. The number of anilines is 1. The molecule has 1 aromatic heterocycles. The van der Waals surface area contributed by atoms with Crippen LogP contribution in [-0.2, 0) is 22.6 Å². The number of likely N-dealkylation sites (N-methyl/N-ethyl adjacent to an activating group) is 1. The molecular formula is C25H30FN5O5. The first-order chi connectivity index (χ1) is 17.2. The van der Waals surface area contributed by atoms with Crippen LogP contribution in [0.25, 0.3) is 0 Å². The second-order valence-corrected chi connectivity index (χ2v) is 8.32. The van der Waals surface area contributed by atoms with Crippen molar-refractivity contribution in [1.29, 1.82) is 0 Å². The van der Waals surface area contributed by atoms with Crippen LogP contribution < -0.4 is 15.8 Å². The summed E-state index contributed by atoms with van der Waals surface area (Å²) in [6.45, 7) is 8.06. The van der Waals surface area contributed by atoms with E-state index in [9.17, 15) is 23.9 Å². The number of aromatic hydroxyl groups is 1. The highest BCUT2D eigenvalue weighted by atomic mass is 19.1. The Hall–Kier alpha value is -3.99. The number of ether oxygens (including phenoxy) is 1. The zero-order chi connectivity index (χ0) is 26.4. The van der Waals surface area contributed by atoms with Gasteiger partial charge in [0, 0.05) is 32.9 Å². The maximum atomic E-state index is 13.9. The van der Waals surface area contributed by atoms with E-state index >= 15 is 0 Å². The minimum Gasteiger partial charge on any atom is -0.501 e. The summed E-state index contributed by atoms with van der Waals surface area (Å²) < 4.78 is 20.6. The molecule has 0 saturated heterocycles. The van der Waals surface area contributed by atoms with Gasteiger partial charge in [-0.3, -0.25) is 19.0 Å². The standard InChI is InChI=1S/C25H30FN5O5/c1-5-7-10-29(3)18-13-17(26)9-8-16(18)14-27-24(34)21-22(33)25(35)31-11-12-36-15-19(23(31)28-21)30(4)20(32)6-2/h5-6,8-9,13,19,33H,1-2,7,10-12,14-15H2,3-4H3,(H,27,34). The SMILES string of the molecule is C=CCCN(C)c1cc(F)ccc1CNC(=O)c1nc2n(c(=O)c1O)CCOCC2N(C)C(=O)C=C. The van der Waals surface area contributed by atoms with Crippen LogP contribution in [0, 0.1) is 5.82 Å². The summed E-state index contributed by atoms with van der Waals surface area (Å²) in [6, 6.07) is 3.43. The molecule has 2 amide bonds. The summed E-state index contributed by atoms with van der Waals surface area (Å²) in [6.07, 6.45) is 3.55. The van der Waals surface area contributed by atoms with E-state index in [1.165, 1.54) is 28.6 Å². The summed E-state index contributed by atoms with van der Waals surface area (Å²) in [5.74, 6) is -2.33. The van der Waals surface area contributed by atoms with Crippen LogP contribution in [0.3, 0.4) is 0 Å². The molecule has 0 saturated carbocycles. The van der Waals surface area contributed by atoms with E-state index in [0.717, 1.165) is 6.08 Å². The molecule has 0 radical (unpaired) electrons. The van der Waals surface area contributed by atoms with E-state index in [1.54, 1.807) is 19.2 Å². The Bertz CT molecular complexity index is 1230. The maximum absolute atomic E-state index is 13.9. The third kappa shape index (κ3) is 5.62. The van der Waals surface area contributed by atoms with Gasteiger partial charge in [0.1, 0.15) is 17.7 Å². The molecule has 10 nitrogen and oxygen atoms in total. The highest BCUT2D eigenvalue weighted by Gasteiger charge is 2.31. The van der Waals surface area contributed by atoms with Crippen LogP contribution in [0.5, 0.6) is 5.75 Å². The van der Waals surface area contributed by atoms with E-state index in [1.807, 2.05) is 4.90 Å². The number of rotatable bonds is 9. The first-order valence-electron chi connectivity index (χ1n) is 11.4. The van der Waals surface area contributed by atoms with Crippen LogP contribution in [0.15, 0.2) is 48.3 Å². The Morgan fingerprint density at radius 3 is 2.81 bits per heavy atom. The van der Waals surface area contributed by atoms with E-state index in [-0.39, 0.29) is 32.1 Å². The average Bonchev–Trinajstić information content (AvgIpc) is 3.09. The predicted octanol–water partition coefficient (Wildman–Crippen LogP) is 1.75. The van der Waals surface area contributed by atoms with E-state index < -0.39 is 40.7 Å². The van der Waals surface area contributed by atoms with Crippen LogP contribution in [0.4, 0.5) is 10.1 Å². The molecule has 2 aromatic rings. The largest absolute Gasteiger partial charge is 0.501 e. The molecule has 0 aliphatic carbocycles. The Labute approximate surface area is 208 Å². The Morgan fingerprint density at radius 2 is 2.11 bits per heavy atom. The fraction of sp³-hybridized carbons (Fsp3) is 0.360. The summed E-state index contributed by atoms with van der Waals surface area (Å²) in [5, 5.41) is 13.2. The first kappa shape index (κ1) is 26.6. The number of hydrogen-bond acceptors (Lipinski definition) is 7. The summed E-state index contributed by atoms with van der Waals surface area (Å²) in [7, 11) is 3.30. The number of benzene rings is 1. The van der Waals surface area contributed by atoms with Gasteiger partial charge < -0.3 is 25.0 Å². The molecule has 2 N–H and O–H groups in total. The number of amides is 2. The molecule has 1 aliphatic rings. The summed E-state index contributed by atoms with van der Waals surface area (Å²) in [5.41, 5.74) is -0.0732. The minimum atomic E-state index is -0.813. The third-order valence-corrected chi connectivity index (χ3v) is 5.98. The van der Waals surface area contributed by atoms with Gasteiger partial charge in [-0.25, -0.2) is 9.37 Å². The van der Waals surface area contributed by atoms with Crippen molar-refractivity contribution in [3.8, 4) is 5.75 Å². The van der Waals surface area contributed by atoms with Crippen molar-refractivity contribution in [2.45, 2.75) is 25.6 Å². The molecule has 3 rings (SSSR count). The quantitative estimate of drug-likeness (QED) is 0.399. The van der Waals surface area contributed by atoms with Gasteiger partial charge in [0.15, 0.2) is 5.69 Å². The fourth-order valence-electron chi connectivity index (χ4n) is 3.90. The van der Waals surface area contributed by atoms with Gasteiger partial charge in [0.2, 0.25) is 11.7 Å². The summed E-state index contributed by atoms with van der Waals surface area (Å²) >= 11 is 0. The molecule has 2 heterocycles. The van der Waals surface area contributed by atoms with E-state index in [0.29, 0.717) is 24.2 Å². The van der Waals surface area contributed by atoms with Gasteiger partial charge in [-0.05, 0) is 30.2 Å². The number of halogens is 1. The Morgan fingerprint density at radius 1 is 1.36 bits per heavy atom.